The molecule has 0 spiro atoms. The van der Waals surface area contributed by atoms with Gasteiger partial charge in [-0.15, -0.1) is 0 Å². The number of nitrogens with zero attached hydrogens (tertiary/aromatic N) is 2. The molecular formula is C17H25N3O. The fraction of sp³-hybridized carbons (Fsp3) is 0.588. The molecule has 0 aliphatic heterocycles. The molecule has 114 valence electrons. The summed E-state index contributed by atoms with van der Waals surface area (Å²) in [6.07, 6.45) is 8.69. The standard InChI is InChI=1S/C17H25N3O/c1-13-5-4-8-17(11-13,20(2)3)12-19-16-14-7-10-21-15(14)6-9-18-16/h6-7,9-10,13H,4-5,8,11-12H2,1-3H3,(H,18,19). The molecule has 3 rings (SSSR count). The zero-order valence-electron chi connectivity index (χ0n) is 13.2. The maximum atomic E-state index is 5.45. The summed E-state index contributed by atoms with van der Waals surface area (Å²) in [5.41, 5.74) is 1.12. The van der Waals surface area contributed by atoms with Gasteiger partial charge in [-0.25, -0.2) is 4.98 Å². The second kappa shape index (κ2) is 5.68. The number of hydrogen-bond acceptors (Lipinski definition) is 4. The van der Waals surface area contributed by atoms with Gasteiger partial charge in [0.05, 0.1) is 11.6 Å². The number of pyridine rings is 1. The van der Waals surface area contributed by atoms with Crippen molar-refractivity contribution < 1.29 is 4.42 Å². The molecule has 2 aromatic rings. The summed E-state index contributed by atoms with van der Waals surface area (Å²) in [6.45, 7) is 3.30. The summed E-state index contributed by atoms with van der Waals surface area (Å²) in [5.74, 6) is 1.72. The molecule has 2 atom stereocenters. The molecule has 1 N–H and O–H groups in total. The van der Waals surface area contributed by atoms with Crippen LogP contribution in [0.3, 0.4) is 0 Å². The van der Waals surface area contributed by atoms with Crippen LogP contribution in [-0.4, -0.2) is 36.1 Å². The van der Waals surface area contributed by atoms with E-state index in [9.17, 15) is 0 Å². The topological polar surface area (TPSA) is 41.3 Å². The Morgan fingerprint density at radius 1 is 1.43 bits per heavy atom. The highest BCUT2D eigenvalue weighted by Gasteiger charge is 2.36. The Hall–Kier alpha value is -1.55. The first-order valence-electron chi connectivity index (χ1n) is 7.84. The van der Waals surface area contributed by atoms with Crippen molar-refractivity contribution in [2.24, 2.45) is 5.92 Å². The van der Waals surface area contributed by atoms with Gasteiger partial charge < -0.3 is 14.6 Å². The molecule has 0 amide bonds. The first kappa shape index (κ1) is 14.4. The van der Waals surface area contributed by atoms with Crippen LogP contribution in [0, 0.1) is 5.92 Å². The van der Waals surface area contributed by atoms with Gasteiger partial charge in [0.25, 0.3) is 0 Å². The minimum Gasteiger partial charge on any atom is -0.464 e. The average Bonchev–Trinajstić information content (AvgIpc) is 2.94. The molecule has 0 bridgehead atoms. The maximum Gasteiger partial charge on any atom is 0.139 e. The largest absolute Gasteiger partial charge is 0.464 e. The molecule has 2 aromatic heterocycles. The summed E-state index contributed by atoms with van der Waals surface area (Å²) in [6, 6.07) is 3.89. The van der Waals surface area contributed by atoms with Crippen LogP contribution in [0.4, 0.5) is 5.82 Å². The molecule has 2 heterocycles. The summed E-state index contributed by atoms with van der Waals surface area (Å²) < 4.78 is 5.45. The van der Waals surface area contributed by atoms with Crippen molar-refractivity contribution in [3.63, 3.8) is 0 Å². The van der Waals surface area contributed by atoms with E-state index in [0.717, 1.165) is 29.2 Å². The van der Waals surface area contributed by atoms with Crippen LogP contribution in [0.2, 0.25) is 0 Å². The Morgan fingerprint density at radius 3 is 3.05 bits per heavy atom. The zero-order chi connectivity index (χ0) is 14.9. The molecule has 2 unspecified atom stereocenters. The smallest absolute Gasteiger partial charge is 0.139 e. The lowest BCUT2D eigenvalue weighted by atomic mass is 9.75. The summed E-state index contributed by atoms with van der Waals surface area (Å²) in [7, 11) is 4.40. The third kappa shape index (κ3) is 2.77. The van der Waals surface area contributed by atoms with Crippen molar-refractivity contribution in [1.29, 1.82) is 0 Å². The second-order valence-corrected chi connectivity index (χ2v) is 6.67. The molecular weight excluding hydrogens is 262 g/mol. The quantitative estimate of drug-likeness (QED) is 0.930. The van der Waals surface area contributed by atoms with Gasteiger partial charge in [0.1, 0.15) is 11.4 Å². The predicted octanol–water partition coefficient (Wildman–Crippen LogP) is 3.75. The minimum absolute atomic E-state index is 0.227. The van der Waals surface area contributed by atoms with E-state index >= 15 is 0 Å². The maximum absolute atomic E-state index is 5.45. The van der Waals surface area contributed by atoms with Crippen LogP contribution in [-0.2, 0) is 0 Å². The van der Waals surface area contributed by atoms with Crippen molar-refractivity contribution in [3.8, 4) is 0 Å². The summed E-state index contributed by atoms with van der Waals surface area (Å²) in [5, 5.41) is 4.64. The van der Waals surface area contributed by atoms with Crippen molar-refractivity contribution >= 4 is 16.8 Å². The number of aromatic nitrogens is 1. The van der Waals surface area contributed by atoms with Gasteiger partial charge in [0, 0.05) is 18.3 Å². The highest BCUT2D eigenvalue weighted by molar-refractivity contribution is 5.87. The summed E-state index contributed by atoms with van der Waals surface area (Å²) >= 11 is 0. The van der Waals surface area contributed by atoms with Gasteiger partial charge >= 0.3 is 0 Å². The Bertz CT molecular complexity index is 607. The Kier molecular flexibility index (Phi) is 3.89. The molecule has 4 nitrogen and oxygen atoms in total. The first-order valence-corrected chi connectivity index (χ1v) is 7.84. The van der Waals surface area contributed by atoms with Crippen LogP contribution >= 0.6 is 0 Å². The third-order valence-corrected chi connectivity index (χ3v) is 4.98. The lowest BCUT2D eigenvalue weighted by Crippen LogP contribution is -2.52. The monoisotopic (exact) mass is 287 g/mol. The number of anilines is 1. The average molecular weight is 287 g/mol. The Labute approximate surface area is 126 Å². The highest BCUT2D eigenvalue weighted by Crippen LogP contribution is 2.36. The van der Waals surface area contributed by atoms with E-state index in [2.05, 4.69) is 36.2 Å². The van der Waals surface area contributed by atoms with E-state index in [1.807, 2.05) is 12.1 Å². The van der Waals surface area contributed by atoms with Gasteiger partial charge in [0.15, 0.2) is 0 Å². The number of furan rings is 1. The van der Waals surface area contributed by atoms with Crippen LogP contribution in [0.25, 0.3) is 11.0 Å². The van der Waals surface area contributed by atoms with Crippen LogP contribution in [0.15, 0.2) is 29.0 Å². The highest BCUT2D eigenvalue weighted by atomic mass is 16.3. The van der Waals surface area contributed by atoms with Crippen LogP contribution in [0.5, 0.6) is 0 Å². The van der Waals surface area contributed by atoms with Crippen molar-refractivity contribution in [2.45, 2.75) is 38.1 Å². The van der Waals surface area contributed by atoms with Gasteiger partial charge in [-0.2, -0.15) is 0 Å². The fourth-order valence-electron chi connectivity index (χ4n) is 3.64. The lowest BCUT2D eigenvalue weighted by Gasteiger charge is -2.45. The fourth-order valence-corrected chi connectivity index (χ4v) is 3.64. The molecule has 0 saturated heterocycles. The first-order chi connectivity index (χ1) is 10.1. The van der Waals surface area contributed by atoms with Crippen LogP contribution < -0.4 is 5.32 Å². The van der Waals surface area contributed by atoms with Gasteiger partial charge in [-0.1, -0.05) is 19.8 Å². The molecule has 1 saturated carbocycles. The van der Waals surface area contributed by atoms with Gasteiger partial charge in [-0.05, 0) is 45.0 Å². The van der Waals surface area contributed by atoms with E-state index in [0.29, 0.717) is 0 Å². The van der Waals surface area contributed by atoms with Crippen molar-refractivity contribution in [1.82, 2.24) is 9.88 Å². The van der Waals surface area contributed by atoms with Crippen molar-refractivity contribution in [3.05, 3.63) is 24.6 Å². The number of rotatable bonds is 4. The summed E-state index contributed by atoms with van der Waals surface area (Å²) in [4.78, 5) is 6.88. The lowest BCUT2D eigenvalue weighted by molar-refractivity contribution is 0.0882. The minimum atomic E-state index is 0.227. The zero-order valence-corrected chi connectivity index (χ0v) is 13.2. The number of nitrogens with one attached hydrogen (secondary N) is 1. The molecule has 1 aliphatic carbocycles. The Morgan fingerprint density at radius 2 is 2.29 bits per heavy atom. The van der Waals surface area contributed by atoms with Gasteiger partial charge in [-0.3, -0.25) is 0 Å². The molecule has 21 heavy (non-hydrogen) atoms. The number of hydrogen-bond donors (Lipinski definition) is 1. The normalized spacial score (nSPS) is 26.4. The third-order valence-electron chi connectivity index (χ3n) is 4.98. The molecule has 0 aromatic carbocycles. The number of fused-ring (bicyclic) bond motifs is 1. The molecule has 1 fully saturated rings. The Balaban J connectivity index is 1.79. The predicted molar refractivity (Wildman–Crippen MR) is 86.5 cm³/mol. The van der Waals surface area contributed by atoms with E-state index in [4.69, 9.17) is 4.42 Å². The van der Waals surface area contributed by atoms with E-state index < -0.39 is 0 Å². The molecule has 0 radical (unpaired) electrons. The van der Waals surface area contributed by atoms with Gasteiger partial charge in [0.2, 0.25) is 0 Å². The van der Waals surface area contributed by atoms with E-state index in [1.165, 1.54) is 25.7 Å². The van der Waals surface area contributed by atoms with E-state index in [1.54, 1.807) is 12.5 Å². The second-order valence-electron chi connectivity index (χ2n) is 6.67. The van der Waals surface area contributed by atoms with Crippen molar-refractivity contribution in [2.75, 3.05) is 26.0 Å². The molecule has 1 aliphatic rings. The van der Waals surface area contributed by atoms with E-state index in [-0.39, 0.29) is 5.54 Å². The SMILES string of the molecule is CC1CCCC(CNc2nccc3occc23)(N(C)C)C1. The molecule has 4 heteroatoms. The van der Waals surface area contributed by atoms with Crippen LogP contribution in [0.1, 0.15) is 32.6 Å². The number of likely N-dealkylation sites (N-methyl/N-ethyl adjacent to an activating group) is 1.